The van der Waals surface area contributed by atoms with Crippen LogP contribution in [-0.4, -0.2) is 24.6 Å². The molecule has 0 spiro atoms. The number of carbonyl (C=O) groups excluding carboxylic acids is 1. The number of hydrogen-bond acceptors (Lipinski definition) is 4. The minimum atomic E-state index is -0.255. The molecule has 0 radical (unpaired) electrons. The Hall–Kier alpha value is -2.56. The number of benzene rings is 1. The van der Waals surface area contributed by atoms with E-state index in [9.17, 15) is 4.79 Å². The smallest absolute Gasteiger partial charge is 0.263 e. The number of hydrogen-bond donors (Lipinski definition) is 1. The van der Waals surface area contributed by atoms with Gasteiger partial charge in [-0.25, -0.2) is 4.98 Å². The Morgan fingerprint density at radius 2 is 1.89 bits per heavy atom. The van der Waals surface area contributed by atoms with Crippen LogP contribution in [-0.2, 0) is 4.79 Å². The summed E-state index contributed by atoms with van der Waals surface area (Å²) in [5.41, 5.74) is 0. The van der Waals surface area contributed by atoms with Crippen LogP contribution in [0.4, 0.5) is 5.82 Å². The zero-order valence-electron chi connectivity index (χ0n) is 10.5. The molecule has 0 atom stereocenters. The Morgan fingerprint density at radius 1 is 1.16 bits per heavy atom. The van der Waals surface area contributed by atoms with Crippen LogP contribution in [0, 0.1) is 0 Å². The molecule has 1 N–H and O–H groups in total. The van der Waals surface area contributed by atoms with Crippen LogP contribution in [0.2, 0.25) is 0 Å². The summed E-state index contributed by atoms with van der Waals surface area (Å²) in [4.78, 5) is 15.6. The highest BCUT2D eigenvalue weighted by Crippen LogP contribution is 2.16. The molecule has 0 saturated heterocycles. The fraction of sp³-hybridized carbons (Fsp3) is 0.143. The van der Waals surface area contributed by atoms with Gasteiger partial charge in [0.1, 0.15) is 17.3 Å². The van der Waals surface area contributed by atoms with Gasteiger partial charge in [-0.3, -0.25) is 4.79 Å². The quantitative estimate of drug-likeness (QED) is 0.892. The summed E-state index contributed by atoms with van der Waals surface area (Å²) in [6.45, 7) is -0.0666. The first kappa shape index (κ1) is 12.9. The van der Waals surface area contributed by atoms with Gasteiger partial charge in [-0.15, -0.1) is 0 Å². The maximum atomic E-state index is 11.6. The normalized spacial score (nSPS) is 9.74. The van der Waals surface area contributed by atoms with Crippen molar-refractivity contribution in [1.29, 1.82) is 0 Å². The van der Waals surface area contributed by atoms with Crippen LogP contribution < -0.4 is 14.8 Å². The number of anilines is 1. The van der Waals surface area contributed by atoms with E-state index in [4.69, 9.17) is 9.47 Å². The van der Waals surface area contributed by atoms with Gasteiger partial charge < -0.3 is 14.8 Å². The SMILES string of the molecule is COc1ccc(OCC(=O)Nc2ccccn2)cc1. The van der Waals surface area contributed by atoms with E-state index in [-0.39, 0.29) is 12.5 Å². The van der Waals surface area contributed by atoms with Gasteiger partial charge in [-0.05, 0) is 36.4 Å². The number of nitrogens with zero attached hydrogens (tertiary/aromatic N) is 1. The van der Waals surface area contributed by atoms with Gasteiger partial charge in [0.15, 0.2) is 6.61 Å². The average Bonchev–Trinajstić information content (AvgIpc) is 2.47. The Morgan fingerprint density at radius 3 is 2.53 bits per heavy atom. The number of aromatic nitrogens is 1. The van der Waals surface area contributed by atoms with Gasteiger partial charge in [-0.2, -0.15) is 0 Å². The van der Waals surface area contributed by atoms with Crippen molar-refractivity contribution in [1.82, 2.24) is 4.98 Å². The molecular weight excluding hydrogens is 244 g/mol. The lowest BCUT2D eigenvalue weighted by Gasteiger charge is -2.07. The standard InChI is InChI=1S/C14H14N2O3/c1-18-11-5-7-12(8-6-11)19-10-14(17)16-13-4-2-3-9-15-13/h2-9H,10H2,1H3,(H,15,16,17). The van der Waals surface area contributed by atoms with Gasteiger partial charge in [0.25, 0.3) is 5.91 Å². The molecule has 5 heteroatoms. The molecule has 5 nitrogen and oxygen atoms in total. The topological polar surface area (TPSA) is 60.5 Å². The summed E-state index contributed by atoms with van der Waals surface area (Å²) < 4.78 is 10.4. The minimum Gasteiger partial charge on any atom is -0.497 e. The third kappa shape index (κ3) is 3.99. The fourth-order valence-electron chi connectivity index (χ4n) is 1.44. The van der Waals surface area contributed by atoms with Crippen LogP contribution in [0.3, 0.4) is 0 Å². The average molecular weight is 258 g/mol. The van der Waals surface area contributed by atoms with Crippen molar-refractivity contribution in [3.05, 3.63) is 48.7 Å². The van der Waals surface area contributed by atoms with Crippen LogP contribution in [0.15, 0.2) is 48.7 Å². The Bertz CT molecular complexity index is 526. The van der Waals surface area contributed by atoms with Crippen molar-refractivity contribution < 1.29 is 14.3 Å². The number of nitrogens with one attached hydrogen (secondary N) is 1. The predicted octanol–water partition coefficient (Wildman–Crippen LogP) is 2.11. The van der Waals surface area contributed by atoms with Crippen molar-refractivity contribution in [2.45, 2.75) is 0 Å². The van der Waals surface area contributed by atoms with Crippen LogP contribution >= 0.6 is 0 Å². The lowest BCUT2D eigenvalue weighted by molar-refractivity contribution is -0.118. The second-order valence-electron chi connectivity index (χ2n) is 3.73. The van der Waals surface area contributed by atoms with E-state index in [1.54, 1.807) is 55.8 Å². The molecule has 0 unspecified atom stereocenters. The molecule has 1 aromatic heterocycles. The van der Waals surface area contributed by atoms with E-state index in [0.29, 0.717) is 11.6 Å². The van der Waals surface area contributed by atoms with E-state index < -0.39 is 0 Å². The van der Waals surface area contributed by atoms with Crippen molar-refractivity contribution >= 4 is 11.7 Å². The highest BCUT2D eigenvalue weighted by Gasteiger charge is 2.04. The first-order valence-corrected chi connectivity index (χ1v) is 5.75. The first-order chi connectivity index (χ1) is 9.28. The molecule has 1 heterocycles. The zero-order chi connectivity index (χ0) is 13.5. The van der Waals surface area contributed by atoms with Crippen molar-refractivity contribution in [3.63, 3.8) is 0 Å². The third-order valence-electron chi connectivity index (χ3n) is 2.36. The highest BCUT2D eigenvalue weighted by atomic mass is 16.5. The summed E-state index contributed by atoms with van der Waals surface area (Å²) in [6, 6.07) is 12.3. The molecule has 0 aliphatic heterocycles. The molecule has 0 saturated carbocycles. The molecule has 2 aromatic rings. The molecule has 19 heavy (non-hydrogen) atoms. The zero-order valence-corrected chi connectivity index (χ0v) is 10.5. The van der Waals surface area contributed by atoms with Gasteiger partial charge in [0.2, 0.25) is 0 Å². The fourth-order valence-corrected chi connectivity index (χ4v) is 1.44. The Balaban J connectivity index is 1.83. The first-order valence-electron chi connectivity index (χ1n) is 5.75. The highest BCUT2D eigenvalue weighted by molar-refractivity contribution is 5.90. The molecule has 98 valence electrons. The molecule has 0 bridgehead atoms. The molecule has 0 aliphatic rings. The van der Waals surface area contributed by atoms with Crippen molar-refractivity contribution in [2.75, 3.05) is 19.0 Å². The van der Waals surface area contributed by atoms with Crippen molar-refractivity contribution in [2.24, 2.45) is 0 Å². The third-order valence-corrected chi connectivity index (χ3v) is 2.36. The van der Waals surface area contributed by atoms with Crippen LogP contribution in [0.1, 0.15) is 0 Å². The van der Waals surface area contributed by atoms with E-state index in [0.717, 1.165) is 5.75 Å². The predicted molar refractivity (Wildman–Crippen MR) is 71.4 cm³/mol. The van der Waals surface area contributed by atoms with Gasteiger partial charge in [0.05, 0.1) is 7.11 Å². The monoisotopic (exact) mass is 258 g/mol. The Labute approximate surface area is 111 Å². The van der Waals surface area contributed by atoms with Crippen molar-refractivity contribution in [3.8, 4) is 11.5 Å². The Kier molecular flexibility index (Phi) is 4.34. The number of pyridine rings is 1. The van der Waals surface area contributed by atoms with Gasteiger partial charge >= 0.3 is 0 Å². The molecular formula is C14H14N2O3. The summed E-state index contributed by atoms with van der Waals surface area (Å²) in [7, 11) is 1.59. The molecule has 0 aliphatic carbocycles. The van der Waals surface area contributed by atoms with Gasteiger partial charge in [0, 0.05) is 6.20 Å². The maximum Gasteiger partial charge on any atom is 0.263 e. The maximum absolute atomic E-state index is 11.6. The summed E-state index contributed by atoms with van der Waals surface area (Å²) in [5, 5.41) is 2.63. The molecule has 1 aromatic carbocycles. The van der Waals surface area contributed by atoms with Crippen LogP contribution in [0.5, 0.6) is 11.5 Å². The second kappa shape index (κ2) is 6.39. The minimum absolute atomic E-state index is 0.0666. The molecule has 1 amide bonds. The van der Waals surface area contributed by atoms with E-state index >= 15 is 0 Å². The number of methoxy groups -OCH3 is 1. The summed E-state index contributed by atoms with van der Waals surface area (Å²) >= 11 is 0. The van der Waals surface area contributed by atoms with E-state index in [1.807, 2.05) is 0 Å². The largest absolute Gasteiger partial charge is 0.497 e. The lowest BCUT2D eigenvalue weighted by atomic mass is 10.3. The number of ether oxygens (including phenoxy) is 2. The van der Waals surface area contributed by atoms with Gasteiger partial charge in [-0.1, -0.05) is 6.07 Å². The second-order valence-corrected chi connectivity index (χ2v) is 3.73. The molecule has 0 fully saturated rings. The molecule has 2 rings (SSSR count). The summed E-state index contributed by atoms with van der Waals surface area (Å²) in [6.07, 6.45) is 1.61. The number of rotatable bonds is 5. The van der Waals surface area contributed by atoms with E-state index in [2.05, 4.69) is 10.3 Å². The summed E-state index contributed by atoms with van der Waals surface area (Å²) in [5.74, 6) is 1.60. The number of amides is 1. The van der Waals surface area contributed by atoms with E-state index in [1.165, 1.54) is 0 Å². The van der Waals surface area contributed by atoms with Crippen LogP contribution in [0.25, 0.3) is 0 Å². The lowest BCUT2D eigenvalue weighted by Crippen LogP contribution is -2.20. The number of carbonyl (C=O) groups is 1.